The van der Waals surface area contributed by atoms with Crippen LogP contribution in [-0.2, 0) is 11.3 Å². The molecule has 2 atom stereocenters. The van der Waals surface area contributed by atoms with E-state index in [1.807, 2.05) is 35.2 Å². The summed E-state index contributed by atoms with van der Waals surface area (Å²) in [7, 11) is 0. The highest BCUT2D eigenvalue weighted by Crippen LogP contribution is 2.46. The summed E-state index contributed by atoms with van der Waals surface area (Å²) >= 11 is 5.94. The van der Waals surface area contributed by atoms with Crippen molar-refractivity contribution >= 4 is 29.5 Å². The van der Waals surface area contributed by atoms with E-state index < -0.39 is 36.2 Å². The van der Waals surface area contributed by atoms with Crippen LogP contribution in [0.1, 0.15) is 23.2 Å². The van der Waals surface area contributed by atoms with Crippen LogP contribution in [0.3, 0.4) is 0 Å². The van der Waals surface area contributed by atoms with Gasteiger partial charge in [0.2, 0.25) is 0 Å². The lowest BCUT2D eigenvalue weighted by molar-refractivity contribution is -0.0484. The van der Waals surface area contributed by atoms with E-state index in [2.05, 4.69) is 4.98 Å². The second-order valence-electron chi connectivity index (χ2n) is 8.80. The summed E-state index contributed by atoms with van der Waals surface area (Å²) < 4.78 is 62.7. The molecule has 1 amide bonds. The van der Waals surface area contributed by atoms with E-state index in [0.29, 0.717) is 32.3 Å². The van der Waals surface area contributed by atoms with Crippen LogP contribution in [-0.4, -0.2) is 71.6 Å². The number of aromatic nitrogens is 1. The van der Waals surface area contributed by atoms with Gasteiger partial charge in [0.1, 0.15) is 23.5 Å². The first-order chi connectivity index (χ1) is 16.7. The summed E-state index contributed by atoms with van der Waals surface area (Å²) in [5, 5.41) is -0.164. The van der Waals surface area contributed by atoms with E-state index in [1.165, 1.54) is 11.0 Å². The summed E-state index contributed by atoms with van der Waals surface area (Å²) in [4.78, 5) is 21.0. The number of hydrogen-bond donors (Lipinski definition) is 0. The van der Waals surface area contributed by atoms with Gasteiger partial charge in [0.15, 0.2) is 0 Å². The number of benzene rings is 1. The van der Waals surface area contributed by atoms with Crippen molar-refractivity contribution in [1.82, 2.24) is 14.8 Å². The number of carbonyl (C=O) groups is 1. The second kappa shape index (κ2) is 9.31. The Morgan fingerprint density at radius 1 is 1.17 bits per heavy atom. The average molecular weight is 511 g/mol. The molecule has 35 heavy (non-hydrogen) atoms. The normalized spacial score (nSPS) is 23.4. The molecule has 2 aromatic rings. The lowest BCUT2D eigenvalue weighted by Crippen LogP contribution is -2.74. The molecule has 186 valence electrons. The first-order valence-corrected chi connectivity index (χ1v) is 11.6. The summed E-state index contributed by atoms with van der Waals surface area (Å²) in [5.74, 6) is -3.25. The minimum atomic E-state index is -3.25. The van der Waals surface area contributed by atoms with Crippen molar-refractivity contribution in [2.75, 3.05) is 37.6 Å². The van der Waals surface area contributed by atoms with Crippen molar-refractivity contribution in [1.29, 1.82) is 0 Å². The Balaban J connectivity index is 1.26. The fraction of sp³-hybridized carbons (Fsp3) is 0.417. The number of halogens is 5. The van der Waals surface area contributed by atoms with Gasteiger partial charge in [-0.2, -0.15) is 8.78 Å². The summed E-state index contributed by atoms with van der Waals surface area (Å²) in [6, 6.07) is 8.94. The maximum absolute atomic E-state index is 15.1. The Morgan fingerprint density at radius 2 is 1.89 bits per heavy atom. The highest BCUT2D eigenvalue weighted by molar-refractivity contribution is 6.29. The largest absolute Gasteiger partial charge is 0.445 e. The van der Waals surface area contributed by atoms with Gasteiger partial charge in [0, 0.05) is 44.0 Å². The van der Waals surface area contributed by atoms with Gasteiger partial charge in [-0.3, -0.25) is 4.90 Å². The molecule has 1 aromatic heterocycles. The number of alkyl halides is 4. The SMILES string of the molecule is O=C(OCc1ccccc1)N1CCN([C@@H]2CN3c4cc(Cl)nc(C(F)F)c4C=CC(F)(F)[C@@H]23)CC1. The Bertz CT molecular complexity index is 1130. The van der Waals surface area contributed by atoms with E-state index in [9.17, 15) is 13.6 Å². The number of piperazine rings is 1. The molecule has 0 bridgehead atoms. The number of nitrogens with zero attached hydrogens (tertiary/aromatic N) is 4. The standard InChI is InChI=1S/C24H23ClF4N4O2/c25-19-12-17-16(20(30-19)22(26)27)6-7-24(28,29)21-18(13-33(17)21)31-8-10-32(11-9-31)23(34)35-14-15-4-2-1-3-5-15/h1-7,12,18,21-22H,8-11,13-14H2/t18-,21-/m1/s1. The summed E-state index contributed by atoms with van der Waals surface area (Å²) in [5.41, 5.74) is 0.476. The molecule has 2 saturated heterocycles. The minimum absolute atomic E-state index is 0.0315. The highest BCUT2D eigenvalue weighted by Gasteiger charge is 2.57. The Labute approximate surface area is 204 Å². The number of carbonyl (C=O) groups excluding carboxylic acids is 1. The second-order valence-corrected chi connectivity index (χ2v) is 9.19. The molecular weight excluding hydrogens is 488 g/mol. The van der Waals surface area contributed by atoms with Crippen molar-refractivity contribution in [2.24, 2.45) is 0 Å². The van der Waals surface area contributed by atoms with Crippen LogP contribution in [0.5, 0.6) is 0 Å². The van der Waals surface area contributed by atoms with Crippen molar-refractivity contribution in [2.45, 2.75) is 31.0 Å². The van der Waals surface area contributed by atoms with Crippen LogP contribution < -0.4 is 4.90 Å². The first-order valence-electron chi connectivity index (χ1n) is 11.3. The lowest BCUT2D eigenvalue weighted by atomic mass is 9.88. The number of ether oxygens (including phenoxy) is 1. The van der Waals surface area contributed by atoms with E-state index in [-0.39, 0.29) is 29.6 Å². The Morgan fingerprint density at radius 3 is 2.57 bits per heavy atom. The van der Waals surface area contributed by atoms with Crippen molar-refractivity contribution in [3.8, 4) is 0 Å². The average Bonchev–Trinajstić information content (AvgIpc) is 2.89. The molecular formula is C24H23ClF4N4O2. The monoisotopic (exact) mass is 510 g/mol. The van der Waals surface area contributed by atoms with E-state index in [0.717, 1.165) is 11.6 Å². The molecule has 0 aliphatic carbocycles. The van der Waals surface area contributed by atoms with Crippen LogP contribution >= 0.6 is 11.6 Å². The molecule has 5 rings (SSSR count). The Hall–Kier alpha value is -2.85. The number of pyridine rings is 1. The third-order valence-corrected chi connectivity index (χ3v) is 6.94. The van der Waals surface area contributed by atoms with Gasteiger partial charge in [0.25, 0.3) is 12.3 Å². The number of hydrogen-bond acceptors (Lipinski definition) is 5. The first kappa shape index (κ1) is 23.9. The molecule has 1 aromatic carbocycles. The zero-order valence-electron chi connectivity index (χ0n) is 18.6. The van der Waals surface area contributed by atoms with Crippen molar-refractivity contribution < 1.29 is 27.1 Å². The predicted octanol–water partition coefficient (Wildman–Crippen LogP) is 4.85. The molecule has 0 spiro atoms. The van der Waals surface area contributed by atoms with Crippen molar-refractivity contribution in [3.63, 3.8) is 0 Å². The maximum Gasteiger partial charge on any atom is 0.410 e. The van der Waals surface area contributed by atoms with Crippen LogP contribution in [0.25, 0.3) is 6.08 Å². The number of amides is 1. The molecule has 0 N–H and O–H groups in total. The van der Waals surface area contributed by atoms with E-state index >= 15 is 8.78 Å². The molecule has 6 nitrogen and oxygen atoms in total. The third-order valence-electron chi connectivity index (χ3n) is 6.75. The van der Waals surface area contributed by atoms with Gasteiger partial charge in [-0.25, -0.2) is 18.6 Å². The molecule has 0 saturated carbocycles. The van der Waals surface area contributed by atoms with E-state index in [1.54, 1.807) is 4.90 Å². The Kier molecular flexibility index (Phi) is 6.35. The zero-order valence-corrected chi connectivity index (χ0v) is 19.3. The number of rotatable bonds is 4. The van der Waals surface area contributed by atoms with Crippen LogP contribution in [0.4, 0.5) is 28.0 Å². The molecule has 4 heterocycles. The van der Waals surface area contributed by atoms with Crippen LogP contribution in [0.2, 0.25) is 5.15 Å². The fourth-order valence-electron chi connectivity index (χ4n) is 4.96. The van der Waals surface area contributed by atoms with Gasteiger partial charge in [-0.15, -0.1) is 0 Å². The number of anilines is 1. The minimum Gasteiger partial charge on any atom is -0.445 e. The van der Waals surface area contributed by atoms with Crippen LogP contribution in [0, 0.1) is 0 Å². The summed E-state index contributed by atoms with van der Waals surface area (Å²) in [6.07, 6.45) is -1.68. The van der Waals surface area contributed by atoms with E-state index in [4.69, 9.17) is 16.3 Å². The lowest BCUT2D eigenvalue weighted by Gasteiger charge is -2.56. The predicted molar refractivity (Wildman–Crippen MR) is 123 cm³/mol. The molecule has 0 unspecified atom stereocenters. The van der Waals surface area contributed by atoms with Gasteiger partial charge in [0.05, 0.1) is 6.04 Å². The van der Waals surface area contributed by atoms with Gasteiger partial charge in [-0.05, 0) is 23.8 Å². The van der Waals surface area contributed by atoms with Gasteiger partial charge in [-0.1, -0.05) is 41.9 Å². The van der Waals surface area contributed by atoms with Gasteiger partial charge >= 0.3 is 6.09 Å². The molecule has 2 fully saturated rings. The van der Waals surface area contributed by atoms with Crippen LogP contribution in [0.15, 0.2) is 42.5 Å². The molecule has 3 aliphatic rings. The quantitative estimate of drug-likeness (QED) is 0.435. The smallest absolute Gasteiger partial charge is 0.410 e. The fourth-order valence-corrected chi connectivity index (χ4v) is 5.15. The zero-order chi connectivity index (χ0) is 24.7. The molecule has 3 aliphatic heterocycles. The molecule has 11 heteroatoms. The highest BCUT2D eigenvalue weighted by atomic mass is 35.5. The topological polar surface area (TPSA) is 48.9 Å². The summed E-state index contributed by atoms with van der Waals surface area (Å²) in [6.45, 7) is 1.90. The molecule has 0 radical (unpaired) electrons. The third kappa shape index (κ3) is 4.56. The number of fused-ring (bicyclic) bond motifs is 3. The van der Waals surface area contributed by atoms with Crippen molar-refractivity contribution in [3.05, 3.63) is 64.4 Å². The van der Waals surface area contributed by atoms with Gasteiger partial charge < -0.3 is 14.5 Å². The maximum atomic E-state index is 15.1.